The van der Waals surface area contributed by atoms with Gasteiger partial charge >= 0.3 is 12.1 Å². The van der Waals surface area contributed by atoms with E-state index >= 15 is 0 Å². The zero-order valence-corrected chi connectivity index (χ0v) is 20.1. The summed E-state index contributed by atoms with van der Waals surface area (Å²) < 4.78 is 39.4. The molecule has 33 heavy (non-hydrogen) atoms. The Hall–Kier alpha value is -1.73. The van der Waals surface area contributed by atoms with Gasteiger partial charge in [0.25, 0.3) is 0 Å². The Morgan fingerprint density at radius 2 is 1.79 bits per heavy atom. The monoisotopic (exact) mass is 481 g/mol. The number of aliphatic carboxylic acids is 1. The van der Waals surface area contributed by atoms with Crippen LogP contribution in [0.25, 0.3) is 0 Å². The number of carboxylic acid groups (broad SMARTS) is 1. The zero-order valence-electron chi connectivity index (χ0n) is 19.2. The maximum Gasteiger partial charge on any atom is 0.416 e. The van der Waals surface area contributed by atoms with Gasteiger partial charge in [0.1, 0.15) is 0 Å². The molecule has 0 saturated carbocycles. The molecule has 2 saturated heterocycles. The first kappa shape index (κ1) is 25.9. The minimum atomic E-state index is -4.38. The molecule has 7 heteroatoms. The lowest BCUT2D eigenvalue weighted by atomic mass is 9.81. The molecule has 3 atom stereocenters. The van der Waals surface area contributed by atoms with Crippen LogP contribution in [0, 0.1) is 11.8 Å². The normalized spacial score (nSPS) is 23.8. The second-order valence-electron chi connectivity index (χ2n) is 9.47. The number of likely N-dealkylation sites (tertiary alicyclic amines) is 1. The van der Waals surface area contributed by atoms with E-state index in [-0.39, 0.29) is 24.4 Å². The van der Waals surface area contributed by atoms with Crippen LogP contribution >= 0.6 is 11.8 Å². The van der Waals surface area contributed by atoms with Crippen LogP contribution in [0.2, 0.25) is 0 Å². The Bertz CT molecular complexity index is 846. The molecule has 3 nitrogen and oxygen atoms in total. The van der Waals surface area contributed by atoms with E-state index in [2.05, 4.69) is 18.1 Å². The molecule has 182 valence electrons. The third-order valence-electron chi connectivity index (χ3n) is 7.09. The van der Waals surface area contributed by atoms with Crippen LogP contribution < -0.4 is 0 Å². The molecule has 1 aromatic carbocycles. The number of piperidine rings is 1. The van der Waals surface area contributed by atoms with Crippen LogP contribution in [-0.2, 0) is 11.0 Å². The Labute approximate surface area is 199 Å². The number of carboxylic acids is 1. The van der Waals surface area contributed by atoms with E-state index in [0.717, 1.165) is 66.0 Å². The van der Waals surface area contributed by atoms with Crippen LogP contribution in [0.3, 0.4) is 0 Å². The molecule has 2 aliphatic rings. The first-order valence-corrected chi connectivity index (χ1v) is 12.8. The third-order valence-corrected chi connectivity index (χ3v) is 8.14. The predicted molar refractivity (Wildman–Crippen MR) is 128 cm³/mol. The number of carbonyl (C=O) groups is 1. The van der Waals surface area contributed by atoms with E-state index in [9.17, 15) is 23.1 Å². The number of hydrogen-bond donors (Lipinski definition) is 1. The third kappa shape index (κ3) is 6.89. The molecule has 0 aromatic heterocycles. The van der Waals surface area contributed by atoms with Crippen molar-refractivity contribution in [2.45, 2.75) is 63.7 Å². The molecular weight excluding hydrogens is 447 g/mol. The Balaban J connectivity index is 1.92. The maximum absolute atomic E-state index is 13.1. The van der Waals surface area contributed by atoms with E-state index in [1.165, 1.54) is 0 Å². The largest absolute Gasteiger partial charge is 0.481 e. The molecule has 2 heterocycles. The summed E-state index contributed by atoms with van der Waals surface area (Å²) in [7, 11) is 0. The van der Waals surface area contributed by atoms with Crippen molar-refractivity contribution in [1.82, 2.24) is 4.90 Å². The minimum Gasteiger partial charge on any atom is -0.481 e. The number of hydrogen-bond acceptors (Lipinski definition) is 3. The van der Waals surface area contributed by atoms with Gasteiger partial charge in [-0.2, -0.15) is 24.9 Å². The summed E-state index contributed by atoms with van der Waals surface area (Å²) in [6.07, 6.45) is 0.328. The van der Waals surface area contributed by atoms with E-state index in [0.29, 0.717) is 18.9 Å². The van der Waals surface area contributed by atoms with Crippen molar-refractivity contribution in [3.05, 3.63) is 59.7 Å². The van der Waals surface area contributed by atoms with Crippen molar-refractivity contribution in [1.29, 1.82) is 0 Å². The first-order chi connectivity index (χ1) is 15.6. The molecule has 1 aromatic rings. The molecule has 3 rings (SSSR count). The summed E-state index contributed by atoms with van der Waals surface area (Å²) in [5, 5.41) is 9.33. The molecule has 2 fully saturated rings. The molecule has 0 amide bonds. The SMILES string of the molecule is C=C(C)C(=C)[C@H](CC1CCSCC1)N1CC[C@@H](CC(=O)O)C[C@H]1c1ccc(C(F)(F)F)cc1. The predicted octanol–water partition coefficient (Wildman–Crippen LogP) is 6.97. The van der Waals surface area contributed by atoms with Gasteiger partial charge in [-0.3, -0.25) is 9.69 Å². The van der Waals surface area contributed by atoms with Gasteiger partial charge in [0.15, 0.2) is 0 Å². The van der Waals surface area contributed by atoms with Gasteiger partial charge in [0.2, 0.25) is 0 Å². The highest BCUT2D eigenvalue weighted by molar-refractivity contribution is 7.99. The van der Waals surface area contributed by atoms with Crippen LogP contribution in [-0.4, -0.2) is 40.1 Å². The van der Waals surface area contributed by atoms with Crippen LogP contribution in [0.1, 0.15) is 62.6 Å². The Morgan fingerprint density at radius 1 is 1.15 bits per heavy atom. The topological polar surface area (TPSA) is 40.5 Å². The minimum absolute atomic E-state index is 0.00383. The Morgan fingerprint density at radius 3 is 2.33 bits per heavy atom. The van der Waals surface area contributed by atoms with Crippen molar-refractivity contribution in [2.24, 2.45) is 11.8 Å². The Kier molecular flexibility index (Phi) is 8.73. The highest BCUT2D eigenvalue weighted by Crippen LogP contribution is 2.42. The number of rotatable bonds is 8. The van der Waals surface area contributed by atoms with Crippen molar-refractivity contribution in [2.75, 3.05) is 18.1 Å². The summed E-state index contributed by atoms with van der Waals surface area (Å²) in [4.78, 5) is 13.7. The lowest BCUT2D eigenvalue weighted by molar-refractivity contribution is -0.139. The molecule has 0 unspecified atom stereocenters. The van der Waals surface area contributed by atoms with E-state index in [1.807, 2.05) is 18.7 Å². The van der Waals surface area contributed by atoms with Gasteiger partial charge in [-0.1, -0.05) is 30.9 Å². The lowest BCUT2D eigenvalue weighted by Gasteiger charge is -2.46. The summed E-state index contributed by atoms with van der Waals surface area (Å²) in [6, 6.07) is 5.28. The molecule has 0 aliphatic carbocycles. The van der Waals surface area contributed by atoms with Gasteiger partial charge in [0, 0.05) is 18.5 Å². The highest BCUT2D eigenvalue weighted by Gasteiger charge is 2.37. The summed E-state index contributed by atoms with van der Waals surface area (Å²) >= 11 is 1.98. The van der Waals surface area contributed by atoms with Gasteiger partial charge in [-0.05, 0) is 92.2 Å². The standard InChI is InChI=1S/C26H34F3NO2S/c1-17(2)18(3)23(14-19-9-12-33-13-10-19)30-11-8-20(16-25(31)32)15-24(30)21-4-6-22(7-5-21)26(27,28)29/h4-7,19-20,23-24H,1,3,8-16H2,2H3,(H,31,32)/t20-,23+,24+/m1/s1. The van der Waals surface area contributed by atoms with Gasteiger partial charge < -0.3 is 5.11 Å². The van der Waals surface area contributed by atoms with E-state index in [1.54, 1.807) is 12.1 Å². The molecular formula is C26H34F3NO2S. The summed E-state index contributed by atoms with van der Waals surface area (Å²) in [5.41, 5.74) is 2.03. The number of benzene rings is 1. The molecule has 2 aliphatic heterocycles. The number of thioether (sulfide) groups is 1. The van der Waals surface area contributed by atoms with Gasteiger partial charge in [-0.25, -0.2) is 0 Å². The quantitative estimate of drug-likeness (QED) is 0.407. The van der Waals surface area contributed by atoms with Crippen molar-refractivity contribution in [3.63, 3.8) is 0 Å². The highest BCUT2D eigenvalue weighted by atomic mass is 32.2. The number of nitrogens with zero attached hydrogens (tertiary/aromatic N) is 1. The number of halogens is 3. The molecule has 0 radical (unpaired) electrons. The van der Waals surface area contributed by atoms with Crippen LogP contribution in [0.5, 0.6) is 0 Å². The second-order valence-corrected chi connectivity index (χ2v) is 10.7. The van der Waals surface area contributed by atoms with E-state index in [4.69, 9.17) is 0 Å². The first-order valence-electron chi connectivity index (χ1n) is 11.6. The zero-order chi connectivity index (χ0) is 24.2. The smallest absolute Gasteiger partial charge is 0.416 e. The van der Waals surface area contributed by atoms with Crippen molar-refractivity contribution < 1.29 is 23.1 Å². The van der Waals surface area contributed by atoms with Crippen molar-refractivity contribution >= 4 is 17.7 Å². The fraction of sp³-hybridized carbons (Fsp3) is 0.577. The lowest BCUT2D eigenvalue weighted by Crippen LogP contribution is -2.46. The van der Waals surface area contributed by atoms with Gasteiger partial charge in [-0.15, -0.1) is 0 Å². The fourth-order valence-electron chi connectivity index (χ4n) is 5.14. The van der Waals surface area contributed by atoms with E-state index < -0.39 is 17.7 Å². The summed E-state index contributed by atoms with van der Waals surface area (Å²) in [5.74, 6) is 2.05. The molecule has 0 bridgehead atoms. The van der Waals surface area contributed by atoms with Gasteiger partial charge in [0.05, 0.1) is 5.56 Å². The molecule has 1 N–H and O–H groups in total. The second kappa shape index (κ2) is 11.1. The summed E-state index contributed by atoms with van der Waals surface area (Å²) in [6.45, 7) is 11.1. The van der Waals surface area contributed by atoms with Crippen molar-refractivity contribution in [3.8, 4) is 0 Å². The average molecular weight is 482 g/mol. The molecule has 0 spiro atoms. The average Bonchev–Trinajstić information content (AvgIpc) is 2.77. The maximum atomic E-state index is 13.1. The number of alkyl halides is 3. The van der Waals surface area contributed by atoms with Crippen LogP contribution in [0.4, 0.5) is 13.2 Å². The fourth-order valence-corrected chi connectivity index (χ4v) is 6.35. The van der Waals surface area contributed by atoms with Crippen LogP contribution in [0.15, 0.2) is 48.6 Å².